The molecule has 28 heavy (non-hydrogen) atoms. The number of benzene rings is 1. The third-order valence-corrected chi connectivity index (χ3v) is 4.12. The molecule has 0 saturated heterocycles. The highest BCUT2D eigenvalue weighted by Crippen LogP contribution is 2.29. The molecule has 0 aliphatic rings. The lowest BCUT2D eigenvalue weighted by Gasteiger charge is -2.18. The predicted octanol–water partition coefficient (Wildman–Crippen LogP) is 1.96. The molecule has 1 aromatic carbocycles. The van der Waals surface area contributed by atoms with Gasteiger partial charge in [-0.1, -0.05) is 30.3 Å². The zero-order chi connectivity index (χ0) is 20.5. The lowest BCUT2D eigenvalue weighted by atomic mass is 10.1. The fraction of sp³-hybridized carbons (Fsp3) is 0.167. The van der Waals surface area contributed by atoms with Crippen LogP contribution in [0.4, 0.5) is 13.2 Å². The molecule has 0 aliphatic heterocycles. The first-order valence-corrected chi connectivity index (χ1v) is 8.12. The van der Waals surface area contributed by atoms with Gasteiger partial charge < -0.3 is 10.8 Å². The number of amides is 1. The molecular weight excluding hydrogens is 377 g/mol. The topological polar surface area (TPSA) is 103 Å². The molecule has 3 aromatic rings. The van der Waals surface area contributed by atoms with E-state index in [9.17, 15) is 27.9 Å². The van der Waals surface area contributed by atoms with Crippen LogP contribution in [-0.4, -0.2) is 25.3 Å². The second kappa shape index (κ2) is 7.22. The van der Waals surface area contributed by atoms with E-state index in [0.717, 1.165) is 18.0 Å². The van der Waals surface area contributed by atoms with Gasteiger partial charge in [-0.25, -0.2) is 14.3 Å². The van der Waals surface area contributed by atoms with Gasteiger partial charge in [0.15, 0.2) is 5.69 Å². The van der Waals surface area contributed by atoms with Crippen LogP contribution >= 0.6 is 0 Å². The fourth-order valence-corrected chi connectivity index (χ4v) is 2.85. The minimum absolute atomic E-state index is 0.0554. The Kier molecular flexibility index (Phi) is 4.95. The summed E-state index contributed by atoms with van der Waals surface area (Å²) in [6, 6.07) is 10.1. The van der Waals surface area contributed by atoms with E-state index in [4.69, 9.17) is 5.73 Å². The average Bonchev–Trinajstić information content (AvgIpc) is 3.10. The zero-order valence-electron chi connectivity index (χ0n) is 14.3. The van der Waals surface area contributed by atoms with Gasteiger partial charge in [0.05, 0.1) is 6.20 Å². The zero-order valence-corrected chi connectivity index (χ0v) is 14.3. The van der Waals surface area contributed by atoms with Crippen molar-refractivity contribution in [1.82, 2.24) is 14.3 Å². The Bertz CT molecular complexity index is 1070. The molecule has 0 fully saturated rings. The maximum atomic E-state index is 13.3. The number of carbonyl (C=O) groups excluding carboxylic acids is 1. The number of aromatic nitrogens is 3. The fourth-order valence-electron chi connectivity index (χ4n) is 2.85. The van der Waals surface area contributed by atoms with Gasteiger partial charge in [-0.3, -0.25) is 9.59 Å². The minimum atomic E-state index is -4.79. The SMILES string of the molecule is NC(=O)c1c(O)cc(CCc2ccccc2)n(-n2cncc2C(F)(F)F)c1=O. The maximum absolute atomic E-state index is 13.3. The van der Waals surface area contributed by atoms with Gasteiger partial charge in [0.1, 0.15) is 17.6 Å². The number of halogens is 3. The molecule has 10 heteroatoms. The number of aromatic hydroxyl groups is 1. The van der Waals surface area contributed by atoms with Crippen LogP contribution < -0.4 is 11.3 Å². The van der Waals surface area contributed by atoms with E-state index < -0.39 is 34.6 Å². The predicted molar refractivity (Wildman–Crippen MR) is 92.8 cm³/mol. The largest absolute Gasteiger partial charge is 0.507 e. The monoisotopic (exact) mass is 392 g/mol. The van der Waals surface area contributed by atoms with Gasteiger partial charge in [0.2, 0.25) is 0 Å². The minimum Gasteiger partial charge on any atom is -0.507 e. The Hall–Kier alpha value is -3.56. The average molecular weight is 392 g/mol. The van der Waals surface area contributed by atoms with Crippen molar-refractivity contribution in [3.63, 3.8) is 0 Å². The number of nitrogens with zero attached hydrogens (tertiary/aromatic N) is 3. The molecule has 0 spiro atoms. The molecule has 0 saturated carbocycles. The molecule has 0 atom stereocenters. The molecule has 0 radical (unpaired) electrons. The molecule has 7 nitrogen and oxygen atoms in total. The summed E-state index contributed by atoms with van der Waals surface area (Å²) < 4.78 is 41.1. The lowest BCUT2D eigenvalue weighted by Crippen LogP contribution is -2.36. The quantitative estimate of drug-likeness (QED) is 0.693. The van der Waals surface area contributed by atoms with Crippen molar-refractivity contribution in [1.29, 1.82) is 0 Å². The lowest BCUT2D eigenvalue weighted by molar-refractivity contribution is -0.144. The second-order valence-electron chi connectivity index (χ2n) is 5.98. The number of aryl methyl sites for hydroxylation is 2. The molecule has 2 heterocycles. The van der Waals surface area contributed by atoms with Crippen molar-refractivity contribution >= 4 is 5.91 Å². The van der Waals surface area contributed by atoms with E-state index in [0.29, 0.717) is 22.0 Å². The number of alkyl halides is 3. The summed E-state index contributed by atoms with van der Waals surface area (Å²) in [6.07, 6.45) is -2.94. The number of carbonyl (C=O) groups is 1. The first-order valence-electron chi connectivity index (χ1n) is 8.12. The number of imidazole rings is 1. The van der Waals surface area contributed by atoms with E-state index >= 15 is 0 Å². The highest BCUT2D eigenvalue weighted by atomic mass is 19.4. The Labute approximate surface area is 156 Å². The summed E-state index contributed by atoms with van der Waals surface area (Å²) in [5.41, 5.74) is 2.87. The second-order valence-corrected chi connectivity index (χ2v) is 5.98. The van der Waals surface area contributed by atoms with E-state index in [1.807, 2.05) is 18.2 Å². The summed E-state index contributed by atoms with van der Waals surface area (Å²) >= 11 is 0. The molecule has 0 bridgehead atoms. The van der Waals surface area contributed by atoms with Gasteiger partial charge in [-0.15, -0.1) is 0 Å². The van der Waals surface area contributed by atoms with Crippen LogP contribution in [0.5, 0.6) is 5.75 Å². The number of rotatable bonds is 5. The third-order valence-electron chi connectivity index (χ3n) is 4.12. The molecule has 0 unspecified atom stereocenters. The summed E-state index contributed by atoms with van der Waals surface area (Å²) in [6.45, 7) is 0. The van der Waals surface area contributed by atoms with Gasteiger partial charge in [0, 0.05) is 11.8 Å². The van der Waals surface area contributed by atoms with Gasteiger partial charge >= 0.3 is 6.18 Å². The van der Waals surface area contributed by atoms with E-state index in [2.05, 4.69) is 4.98 Å². The molecule has 3 N–H and O–H groups in total. The normalized spacial score (nSPS) is 11.5. The number of hydrogen-bond acceptors (Lipinski definition) is 4. The highest BCUT2D eigenvalue weighted by Gasteiger charge is 2.36. The van der Waals surface area contributed by atoms with Crippen molar-refractivity contribution in [3.05, 3.63) is 81.8 Å². The Morgan fingerprint density at radius 3 is 2.46 bits per heavy atom. The van der Waals surface area contributed by atoms with Crippen LogP contribution in [0, 0.1) is 0 Å². The van der Waals surface area contributed by atoms with E-state index in [-0.39, 0.29) is 12.1 Å². The Morgan fingerprint density at radius 2 is 1.86 bits per heavy atom. The Balaban J connectivity index is 2.18. The molecule has 3 rings (SSSR count). The van der Waals surface area contributed by atoms with Gasteiger partial charge in [0.25, 0.3) is 11.5 Å². The van der Waals surface area contributed by atoms with Crippen LogP contribution in [-0.2, 0) is 19.0 Å². The summed E-state index contributed by atoms with van der Waals surface area (Å²) in [7, 11) is 0. The molecular formula is C18H15F3N4O3. The maximum Gasteiger partial charge on any atom is 0.434 e. The first kappa shape index (κ1) is 19.2. The first-order chi connectivity index (χ1) is 13.2. The van der Waals surface area contributed by atoms with E-state index in [1.54, 1.807) is 12.1 Å². The van der Waals surface area contributed by atoms with Crippen molar-refractivity contribution in [2.75, 3.05) is 0 Å². The molecule has 1 amide bonds. The van der Waals surface area contributed by atoms with Crippen LogP contribution in [0.15, 0.2) is 53.7 Å². The molecule has 0 aliphatic carbocycles. The molecule has 146 valence electrons. The van der Waals surface area contributed by atoms with Crippen molar-refractivity contribution in [2.45, 2.75) is 19.0 Å². The van der Waals surface area contributed by atoms with Gasteiger partial charge in [-0.05, 0) is 18.4 Å². The van der Waals surface area contributed by atoms with Crippen molar-refractivity contribution in [3.8, 4) is 5.75 Å². The molecule has 2 aromatic heterocycles. The van der Waals surface area contributed by atoms with Crippen molar-refractivity contribution in [2.24, 2.45) is 5.73 Å². The number of nitrogens with two attached hydrogens (primary N) is 1. The number of primary amides is 1. The summed E-state index contributed by atoms with van der Waals surface area (Å²) in [4.78, 5) is 27.7. The summed E-state index contributed by atoms with van der Waals surface area (Å²) in [5, 5.41) is 10.0. The number of pyridine rings is 1. The highest BCUT2D eigenvalue weighted by molar-refractivity contribution is 5.95. The van der Waals surface area contributed by atoms with E-state index in [1.165, 1.54) is 0 Å². The number of hydrogen-bond donors (Lipinski definition) is 2. The van der Waals surface area contributed by atoms with Crippen LogP contribution in [0.1, 0.15) is 27.3 Å². The standard InChI is InChI=1S/C18H15F3N4O3/c19-18(20,21)14-9-23-10-24(14)25-12(7-6-11-4-2-1-3-5-11)8-13(26)15(16(22)27)17(25)28/h1-5,8-10,26H,6-7H2,(H2,22,27). The van der Waals surface area contributed by atoms with Crippen LogP contribution in [0.25, 0.3) is 0 Å². The van der Waals surface area contributed by atoms with Crippen LogP contribution in [0.3, 0.4) is 0 Å². The van der Waals surface area contributed by atoms with Crippen LogP contribution in [0.2, 0.25) is 0 Å². The smallest absolute Gasteiger partial charge is 0.434 e. The third kappa shape index (κ3) is 3.61. The van der Waals surface area contributed by atoms with Crippen molar-refractivity contribution < 1.29 is 23.1 Å². The summed E-state index contributed by atoms with van der Waals surface area (Å²) in [5.74, 6) is -1.94. The van der Waals surface area contributed by atoms with Gasteiger partial charge in [-0.2, -0.15) is 13.2 Å². The Morgan fingerprint density at radius 1 is 1.18 bits per heavy atom.